The van der Waals surface area contributed by atoms with Crippen LogP contribution in [0.15, 0.2) is 46.2 Å². The van der Waals surface area contributed by atoms with Gasteiger partial charge in [0.15, 0.2) is 0 Å². The number of carbonyl (C=O) groups excluding carboxylic acids is 2. The minimum absolute atomic E-state index is 0.0365. The van der Waals surface area contributed by atoms with E-state index in [1.54, 1.807) is 6.92 Å². The number of allylic oxidation sites excluding steroid dienone is 3. The molecule has 3 unspecified atom stereocenters. The minimum atomic E-state index is -0.325. The van der Waals surface area contributed by atoms with Gasteiger partial charge >= 0.3 is 12.0 Å². The fourth-order valence-corrected chi connectivity index (χ4v) is 4.28. The van der Waals surface area contributed by atoms with Gasteiger partial charge in [-0.25, -0.2) is 4.79 Å². The maximum atomic E-state index is 12.1. The van der Waals surface area contributed by atoms with Crippen LogP contribution < -0.4 is 14.8 Å². The molecule has 0 spiro atoms. The van der Waals surface area contributed by atoms with Crippen molar-refractivity contribution >= 4 is 17.7 Å². The number of aliphatic imine (C=N–C) groups is 1. The number of benzene rings is 1. The first-order chi connectivity index (χ1) is 14.0. The van der Waals surface area contributed by atoms with Crippen molar-refractivity contribution in [3.8, 4) is 11.5 Å². The van der Waals surface area contributed by atoms with Crippen LogP contribution in [0.25, 0.3) is 0 Å². The summed E-state index contributed by atoms with van der Waals surface area (Å²) < 4.78 is 17.3. The molecule has 7 heteroatoms. The van der Waals surface area contributed by atoms with Gasteiger partial charge in [0.25, 0.3) is 0 Å². The lowest BCUT2D eigenvalue weighted by Crippen LogP contribution is -2.32. The molecule has 1 N–H and O–H groups in total. The molecule has 29 heavy (non-hydrogen) atoms. The van der Waals surface area contributed by atoms with E-state index in [0.29, 0.717) is 24.6 Å². The number of fused-ring (bicyclic) bond motifs is 4. The van der Waals surface area contributed by atoms with E-state index in [4.69, 9.17) is 14.2 Å². The normalized spacial score (nSPS) is 26.7. The Balaban J connectivity index is 1.41. The van der Waals surface area contributed by atoms with Gasteiger partial charge < -0.3 is 19.5 Å². The summed E-state index contributed by atoms with van der Waals surface area (Å²) in [6.07, 6.45) is 3.41. The SMILES string of the molecule is CCOC(=O)C1C2Oc3ccc(OC4=C5CNC(=O)N=C5C=C(C)CC4)cc3C21. The second-order valence-corrected chi connectivity index (χ2v) is 7.74. The summed E-state index contributed by atoms with van der Waals surface area (Å²) in [7, 11) is 0. The average molecular weight is 394 g/mol. The molecule has 0 radical (unpaired) electrons. The van der Waals surface area contributed by atoms with E-state index in [2.05, 4.69) is 10.3 Å². The van der Waals surface area contributed by atoms with Crippen LogP contribution in [0, 0.1) is 5.92 Å². The van der Waals surface area contributed by atoms with Crippen LogP contribution in [0.3, 0.4) is 0 Å². The molecule has 2 aliphatic carbocycles. The number of amides is 2. The summed E-state index contributed by atoms with van der Waals surface area (Å²) in [4.78, 5) is 27.9. The van der Waals surface area contributed by atoms with Crippen LogP contribution >= 0.6 is 0 Å². The van der Waals surface area contributed by atoms with Crippen LogP contribution in [0.5, 0.6) is 11.5 Å². The second kappa shape index (κ2) is 6.76. The largest absolute Gasteiger partial charge is 0.489 e. The second-order valence-electron chi connectivity index (χ2n) is 7.74. The minimum Gasteiger partial charge on any atom is -0.489 e. The van der Waals surface area contributed by atoms with Crippen LogP contribution in [0.2, 0.25) is 0 Å². The van der Waals surface area contributed by atoms with Crippen LogP contribution in [-0.2, 0) is 9.53 Å². The van der Waals surface area contributed by atoms with Crippen molar-refractivity contribution in [2.45, 2.75) is 38.7 Å². The van der Waals surface area contributed by atoms with E-state index in [1.165, 1.54) is 0 Å². The predicted octanol–water partition coefficient (Wildman–Crippen LogP) is 3.26. The molecule has 2 amide bonds. The van der Waals surface area contributed by atoms with Crippen LogP contribution in [-0.4, -0.2) is 37.0 Å². The van der Waals surface area contributed by atoms with E-state index in [1.807, 2.05) is 31.2 Å². The molecule has 1 aromatic rings. The first kappa shape index (κ1) is 18.0. The molecule has 4 aliphatic rings. The highest BCUT2D eigenvalue weighted by molar-refractivity contribution is 6.15. The molecule has 5 rings (SSSR count). The van der Waals surface area contributed by atoms with Gasteiger partial charge in [0.1, 0.15) is 29.3 Å². The lowest BCUT2D eigenvalue weighted by atomic mass is 10.1. The van der Waals surface area contributed by atoms with Gasteiger partial charge in [0.05, 0.1) is 18.9 Å². The number of urea groups is 1. The molecule has 0 saturated heterocycles. The van der Waals surface area contributed by atoms with Crippen molar-refractivity contribution in [3.05, 3.63) is 46.7 Å². The highest BCUT2D eigenvalue weighted by Gasteiger charge is 2.63. The zero-order chi connectivity index (χ0) is 20.1. The monoisotopic (exact) mass is 394 g/mol. The Kier molecular flexibility index (Phi) is 4.19. The summed E-state index contributed by atoms with van der Waals surface area (Å²) in [6.45, 7) is 4.61. The lowest BCUT2D eigenvalue weighted by Gasteiger charge is -2.18. The molecular weight excluding hydrogens is 372 g/mol. The van der Waals surface area contributed by atoms with Crippen LogP contribution in [0.4, 0.5) is 4.79 Å². The molecule has 3 atom stereocenters. The summed E-state index contributed by atoms with van der Waals surface area (Å²) in [6, 6.07) is 5.40. The maximum Gasteiger partial charge on any atom is 0.341 e. The summed E-state index contributed by atoms with van der Waals surface area (Å²) in [5, 5.41) is 2.76. The number of ether oxygens (including phenoxy) is 3. The quantitative estimate of drug-likeness (QED) is 0.792. The third-order valence-electron chi connectivity index (χ3n) is 5.77. The van der Waals surface area contributed by atoms with E-state index < -0.39 is 0 Å². The highest BCUT2D eigenvalue weighted by Crippen LogP contribution is 2.59. The van der Waals surface area contributed by atoms with Crippen LogP contribution in [0.1, 0.15) is 38.2 Å². The number of hydrogen-bond donors (Lipinski definition) is 1. The zero-order valence-electron chi connectivity index (χ0n) is 16.4. The van der Waals surface area contributed by atoms with E-state index in [9.17, 15) is 9.59 Å². The Morgan fingerprint density at radius 2 is 2.21 bits per heavy atom. The number of nitrogens with zero attached hydrogens (tertiary/aromatic N) is 1. The third-order valence-corrected chi connectivity index (χ3v) is 5.77. The molecule has 0 aromatic heterocycles. The van der Waals surface area contributed by atoms with E-state index in [-0.39, 0.29) is 29.9 Å². The molecule has 150 valence electrons. The Bertz CT molecular complexity index is 1010. The Morgan fingerprint density at radius 3 is 3.03 bits per heavy atom. The van der Waals surface area contributed by atoms with E-state index >= 15 is 0 Å². The fraction of sp³-hybridized carbons (Fsp3) is 0.409. The Morgan fingerprint density at radius 1 is 1.34 bits per heavy atom. The van der Waals surface area contributed by atoms with Gasteiger partial charge in [-0.05, 0) is 44.5 Å². The Labute approximate surface area is 168 Å². The van der Waals surface area contributed by atoms with Gasteiger partial charge in [-0.1, -0.05) is 5.57 Å². The van der Waals surface area contributed by atoms with Crippen molar-refractivity contribution in [3.63, 3.8) is 0 Å². The highest BCUT2D eigenvalue weighted by atomic mass is 16.5. The molecular formula is C22H22N2O5. The summed E-state index contributed by atoms with van der Waals surface area (Å²) in [5.74, 6) is 1.92. The smallest absolute Gasteiger partial charge is 0.341 e. The number of carbonyl (C=O) groups is 2. The summed E-state index contributed by atoms with van der Waals surface area (Å²) in [5.41, 5.74) is 3.74. The van der Waals surface area contributed by atoms with Crippen molar-refractivity contribution < 1.29 is 23.8 Å². The van der Waals surface area contributed by atoms with Gasteiger partial charge in [-0.15, -0.1) is 0 Å². The first-order valence-electron chi connectivity index (χ1n) is 9.96. The molecule has 7 nitrogen and oxygen atoms in total. The first-order valence-corrected chi connectivity index (χ1v) is 9.96. The number of hydrogen-bond acceptors (Lipinski definition) is 5. The molecule has 0 bridgehead atoms. The molecule has 2 aliphatic heterocycles. The van der Waals surface area contributed by atoms with E-state index in [0.717, 1.165) is 41.1 Å². The lowest BCUT2D eigenvalue weighted by molar-refractivity contribution is -0.145. The molecule has 1 fully saturated rings. The molecule has 1 saturated carbocycles. The van der Waals surface area contributed by atoms with Crippen molar-refractivity contribution in [1.29, 1.82) is 0 Å². The van der Waals surface area contributed by atoms with Crippen molar-refractivity contribution in [2.24, 2.45) is 10.9 Å². The third kappa shape index (κ3) is 3.10. The van der Waals surface area contributed by atoms with Gasteiger partial charge in [0.2, 0.25) is 0 Å². The van der Waals surface area contributed by atoms with Gasteiger partial charge in [0, 0.05) is 23.5 Å². The fourth-order valence-electron chi connectivity index (χ4n) is 4.28. The number of nitrogens with one attached hydrogen (secondary N) is 1. The predicted molar refractivity (Wildman–Crippen MR) is 105 cm³/mol. The number of esters is 1. The van der Waals surface area contributed by atoms with Gasteiger partial charge in [-0.2, -0.15) is 4.99 Å². The average Bonchev–Trinajstić information content (AvgIpc) is 3.32. The summed E-state index contributed by atoms with van der Waals surface area (Å²) >= 11 is 0. The maximum absolute atomic E-state index is 12.1. The standard InChI is InChI=1S/C22H22N2O5/c1-3-27-21(25)19-18-13-9-12(5-7-16(13)29-20(18)19)28-17-6-4-11(2)8-15-14(17)10-23-22(26)24-15/h5,7-9,18-20H,3-4,6,10H2,1-2H3,(H,23,26). The van der Waals surface area contributed by atoms with Crippen molar-refractivity contribution in [2.75, 3.05) is 13.2 Å². The molecule has 2 heterocycles. The topological polar surface area (TPSA) is 86.2 Å². The van der Waals surface area contributed by atoms with Crippen molar-refractivity contribution in [1.82, 2.24) is 5.32 Å². The van der Waals surface area contributed by atoms with Gasteiger partial charge in [-0.3, -0.25) is 4.79 Å². The zero-order valence-corrected chi connectivity index (χ0v) is 16.4. The Hall–Kier alpha value is -3.09. The molecule has 1 aromatic carbocycles. The number of rotatable bonds is 4.